The minimum Gasteiger partial charge on any atom is -0.466 e. The average molecular weight is 325 g/mol. The van der Waals surface area contributed by atoms with Crippen LogP contribution >= 0.6 is 0 Å². The van der Waals surface area contributed by atoms with Gasteiger partial charge in [0, 0.05) is 13.1 Å². The van der Waals surface area contributed by atoms with Crippen molar-refractivity contribution in [3.05, 3.63) is 48.0 Å². The molecule has 0 aromatic heterocycles. The molecule has 1 atom stereocenters. The van der Waals surface area contributed by atoms with Crippen molar-refractivity contribution >= 4 is 22.6 Å². The number of ether oxygens (including phenoxy) is 1. The standard InChI is InChI=1S/C20H23NO3/c1-2-24-20(23)18-8-5-11-21(14-18)19(22)13-15-9-10-16-6-3-4-7-17(16)12-15/h3-4,6-7,9-10,12,18H,2,5,8,11,13-14H2,1H3/t18-/m1/s1. The summed E-state index contributed by atoms with van der Waals surface area (Å²) in [6, 6.07) is 14.3. The second-order valence-electron chi connectivity index (χ2n) is 6.29. The lowest BCUT2D eigenvalue weighted by molar-refractivity contribution is -0.151. The fraction of sp³-hybridized carbons (Fsp3) is 0.400. The maximum Gasteiger partial charge on any atom is 0.310 e. The van der Waals surface area contributed by atoms with Gasteiger partial charge < -0.3 is 9.64 Å². The van der Waals surface area contributed by atoms with Crippen LogP contribution in [0.2, 0.25) is 0 Å². The number of likely N-dealkylation sites (tertiary alicyclic amines) is 1. The first-order valence-electron chi connectivity index (χ1n) is 8.59. The normalized spacial score (nSPS) is 17.7. The van der Waals surface area contributed by atoms with Crippen molar-refractivity contribution in [3.63, 3.8) is 0 Å². The number of benzene rings is 2. The Labute approximate surface area is 142 Å². The van der Waals surface area contributed by atoms with Gasteiger partial charge in [-0.15, -0.1) is 0 Å². The Hall–Kier alpha value is -2.36. The van der Waals surface area contributed by atoms with Crippen molar-refractivity contribution in [3.8, 4) is 0 Å². The third-order valence-corrected chi connectivity index (χ3v) is 4.56. The Kier molecular flexibility index (Phi) is 5.14. The van der Waals surface area contributed by atoms with Crippen molar-refractivity contribution in [2.75, 3.05) is 19.7 Å². The van der Waals surface area contributed by atoms with Crippen molar-refractivity contribution in [1.29, 1.82) is 0 Å². The lowest BCUT2D eigenvalue weighted by atomic mass is 9.97. The molecule has 24 heavy (non-hydrogen) atoms. The highest BCUT2D eigenvalue weighted by Gasteiger charge is 2.29. The van der Waals surface area contributed by atoms with Crippen LogP contribution in [-0.2, 0) is 20.7 Å². The van der Waals surface area contributed by atoms with Crippen molar-refractivity contribution < 1.29 is 14.3 Å². The Balaban J connectivity index is 1.65. The maximum atomic E-state index is 12.6. The summed E-state index contributed by atoms with van der Waals surface area (Å²) in [6.07, 6.45) is 2.03. The largest absolute Gasteiger partial charge is 0.466 e. The zero-order valence-corrected chi connectivity index (χ0v) is 14.0. The number of hydrogen-bond acceptors (Lipinski definition) is 3. The molecule has 1 heterocycles. The molecular formula is C20H23NO3. The summed E-state index contributed by atoms with van der Waals surface area (Å²) >= 11 is 0. The number of rotatable bonds is 4. The first-order valence-corrected chi connectivity index (χ1v) is 8.59. The molecule has 0 radical (unpaired) electrons. The van der Waals surface area contributed by atoms with E-state index in [2.05, 4.69) is 24.3 Å². The van der Waals surface area contributed by atoms with E-state index in [1.807, 2.05) is 25.1 Å². The molecule has 3 rings (SSSR count). The van der Waals surface area contributed by atoms with E-state index < -0.39 is 0 Å². The molecule has 126 valence electrons. The summed E-state index contributed by atoms with van der Waals surface area (Å²) in [5.41, 5.74) is 1.01. The molecule has 1 saturated heterocycles. The summed E-state index contributed by atoms with van der Waals surface area (Å²) in [4.78, 5) is 26.3. The van der Waals surface area contributed by atoms with E-state index in [1.165, 1.54) is 5.39 Å². The molecule has 1 aliphatic heterocycles. The van der Waals surface area contributed by atoms with Gasteiger partial charge in [0.15, 0.2) is 0 Å². The van der Waals surface area contributed by atoms with Gasteiger partial charge >= 0.3 is 5.97 Å². The second kappa shape index (κ2) is 7.47. The second-order valence-corrected chi connectivity index (χ2v) is 6.29. The van der Waals surface area contributed by atoms with Gasteiger partial charge in [0.25, 0.3) is 0 Å². The lowest BCUT2D eigenvalue weighted by Crippen LogP contribution is -2.43. The van der Waals surface area contributed by atoms with Gasteiger partial charge in [0.05, 0.1) is 18.9 Å². The zero-order valence-electron chi connectivity index (χ0n) is 14.0. The molecule has 2 aromatic carbocycles. The van der Waals surface area contributed by atoms with E-state index in [0.717, 1.165) is 30.3 Å². The van der Waals surface area contributed by atoms with E-state index in [4.69, 9.17) is 4.74 Å². The third-order valence-electron chi connectivity index (χ3n) is 4.56. The molecular weight excluding hydrogens is 302 g/mol. The molecule has 0 unspecified atom stereocenters. The van der Waals surface area contributed by atoms with E-state index in [9.17, 15) is 9.59 Å². The monoisotopic (exact) mass is 325 g/mol. The lowest BCUT2D eigenvalue weighted by Gasteiger charge is -2.31. The number of carbonyl (C=O) groups is 2. The maximum absolute atomic E-state index is 12.6. The first kappa shape index (κ1) is 16.5. The SMILES string of the molecule is CCOC(=O)[C@@H]1CCCN(C(=O)Cc2ccc3ccccc3c2)C1. The molecule has 1 aliphatic rings. The van der Waals surface area contributed by atoms with Gasteiger partial charge in [-0.25, -0.2) is 0 Å². The Bertz CT molecular complexity index is 740. The summed E-state index contributed by atoms with van der Waals surface area (Å²) in [5.74, 6) is -0.278. The Morgan fingerprint density at radius 2 is 1.96 bits per heavy atom. The molecule has 0 bridgehead atoms. The van der Waals surface area contributed by atoms with Crippen LogP contribution in [0.25, 0.3) is 10.8 Å². The third kappa shape index (κ3) is 3.75. The molecule has 1 amide bonds. The van der Waals surface area contributed by atoms with Crippen LogP contribution in [-0.4, -0.2) is 36.5 Å². The summed E-state index contributed by atoms with van der Waals surface area (Å²) in [6.45, 7) is 3.40. The van der Waals surface area contributed by atoms with Crippen LogP contribution in [0.3, 0.4) is 0 Å². The quantitative estimate of drug-likeness (QED) is 0.811. The fourth-order valence-electron chi connectivity index (χ4n) is 3.29. The predicted octanol–water partition coefficient (Wildman–Crippen LogP) is 3.18. The number of piperidine rings is 1. The van der Waals surface area contributed by atoms with Gasteiger partial charge in [-0.2, -0.15) is 0 Å². The molecule has 0 N–H and O–H groups in total. The van der Waals surface area contributed by atoms with Gasteiger partial charge in [-0.3, -0.25) is 9.59 Å². The fourth-order valence-corrected chi connectivity index (χ4v) is 3.29. The Morgan fingerprint density at radius 3 is 2.75 bits per heavy atom. The van der Waals surface area contributed by atoms with Crippen molar-refractivity contribution in [2.45, 2.75) is 26.2 Å². The van der Waals surface area contributed by atoms with Crippen molar-refractivity contribution in [2.24, 2.45) is 5.92 Å². The topological polar surface area (TPSA) is 46.6 Å². The number of carbonyl (C=O) groups excluding carboxylic acids is 2. The first-order chi connectivity index (χ1) is 11.7. The van der Waals surface area contributed by atoms with Crippen LogP contribution in [0.15, 0.2) is 42.5 Å². The van der Waals surface area contributed by atoms with Gasteiger partial charge in [0.1, 0.15) is 0 Å². The van der Waals surface area contributed by atoms with E-state index in [0.29, 0.717) is 19.6 Å². The summed E-state index contributed by atoms with van der Waals surface area (Å²) < 4.78 is 5.10. The minimum atomic E-state index is -0.181. The van der Waals surface area contributed by atoms with Crippen LogP contribution in [0.1, 0.15) is 25.3 Å². The molecule has 0 spiro atoms. The molecule has 1 fully saturated rings. The van der Waals surface area contributed by atoms with Gasteiger partial charge in [-0.1, -0.05) is 42.5 Å². The number of esters is 1. The molecule has 2 aromatic rings. The predicted molar refractivity (Wildman–Crippen MR) is 93.6 cm³/mol. The van der Waals surface area contributed by atoms with Crippen LogP contribution in [0.5, 0.6) is 0 Å². The number of amides is 1. The van der Waals surface area contributed by atoms with Crippen LogP contribution in [0.4, 0.5) is 0 Å². The summed E-state index contributed by atoms with van der Waals surface area (Å²) in [7, 11) is 0. The molecule has 0 saturated carbocycles. The zero-order chi connectivity index (χ0) is 16.9. The highest BCUT2D eigenvalue weighted by Crippen LogP contribution is 2.20. The summed E-state index contributed by atoms with van der Waals surface area (Å²) in [5, 5.41) is 2.32. The highest BCUT2D eigenvalue weighted by molar-refractivity contribution is 5.85. The Morgan fingerprint density at radius 1 is 1.17 bits per heavy atom. The molecule has 0 aliphatic carbocycles. The molecule has 4 nitrogen and oxygen atoms in total. The van der Waals surface area contributed by atoms with E-state index in [1.54, 1.807) is 4.90 Å². The number of fused-ring (bicyclic) bond motifs is 1. The van der Waals surface area contributed by atoms with Gasteiger partial charge in [-0.05, 0) is 36.1 Å². The average Bonchev–Trinajstić information content (AvgIpc) is 2.62. The highest BCUT2D eigenvalue weighted by atomic mass is 16.5. The van der Waals surface area contributed by atoms with E-state index in [-0.39, 0.29) is 17.8 Å². The van der Waals surface area contributed by atoms with Gasteiger partial charge in [0.2, 0.25) is 5.91 Å². The minimum absolute atomic E-state index is 0.0827. The van der Waals surface area contributed by atoms with Crippen molar-refractivity contribution in [1.82, 2.24) is 4.90 Å². The van der Waals surface area contributed by atoms with Crippen LogP contribution in [0, 0.1) is 5.92 Å². The van der Waals surface area contributed by atoms with Crippen LogP contribution < -0.4 is 0 Å². The number of nitrogens with zero attached hydrogens (tertiary/aromatic N) is 1. The molecule has 4 heteroatoms. The van der Waals surface area contributed by atoms with E-state index >= 15 is 0 Å². The number of hydrogen-bond donors (Lipinski definition) is 0. The smallest absolute Gasteiger partial charge is 0.310 e.